The highest BCUT2D eigenvalue weighted by Crippen LogP contribution is 2.24. The molecule has 4 aromatic rings. The first-order valence-corrected chi connectivity index (χ1v) is 10.8. The molecule has 0 aliphatic carbocycles. The maximum Gasteiger partial charge on any atom is 0.337 e. The molecule has 0 amide bonds. The van der Waals surface area contributed by atoms with Gasteiger partial charge in [0.2, 0.25) is 5.89 Å². The Bertz CT molecular complexity index is 1270. The van der Waals surface area contributed by atoms with Crippen molar-refractivity contribution < 1.29 is 13.9 Å². The third-order valence-corrected chi connectivity index (χ3v) is 5.48. The van der Waals surface area contributed by atoms with Crippen LogP contribution in [0.15, 0.2) is 59.0 Å². The van der Waals surface area contributed by atoms with E-state index in [9.17, 15) is 4.79 Å². The molecular formula is C26H28N4O3. The Labute approximate surface area is 193 Å². The average Bonchev–Trinajstić information content (AvgIpc) is 3.34. The first-order chi connectivity index (χ1) is 15.8. The lowest BCUT2D eigenvalue weighted by molar-refractivity contribution is 0.0600. The summed E-state index contributed by atoms with van der Waals surface area (Å²) in [7, 11) is 3.43. The normalized spacial score (nSPS) is 11.2. The lowest BCUT2D eigenvalue weighted by Crippen LogP contribution is -2.18. The molecule has 0 spiro atoms. The molecule has 2 heterocycles. The van der Waals surface area contributed by atoms with Crippen LogP contribution in [-0.4, -0.2) is 39.8 Å². The summed E-state index contributed by atoms with van der Waals surface area (Å²) < 4.78 is 12.6. The van der Waals surface area contributed by atoms with Gasteiger partial charge in [0.1, 0.15) is 5.76 Å². The molecule has 4 rings (SSSR count). The molecule has 0 aliphatic heterocycles. The average molecular weight is 445 g/mol. The van der Waals surface area contributed by atoms with Crippen molar-refractivity contribution in [2.75, 3.05) is 14.2 Å². The van der Waals surface area contributed by atoms with Gasteiger partial charge in [-0.05, 0) is 75.8 Å². The standard InChI is InChI=1S/C26H28N4O3/c1-17-13-18(2)30(28-17)23-8-6-7-20(14-23)15-29(4)16-24-19(3)33-25(27-24)21-9-11-22(12-10-21)26(31)32-5/h6-14H,15-16H2,1-5H3. The van der Waals surface area contributed by atoms with Gasteiger partial charge in [-0.1, -0.05) is 12.1 Å². The van der Waals surface area contributed by atoms with E-state index in [-0.39, 0.29) is 5.97 Å². The van der Waals surface area contributed by atoms with Gasteiger partial charge in [0.05, 0.1) is 29.7 Å². The van der Waals surface area contributed by atoms with E-state index in [4.69, 9.17) is 14.1 Å². The number of aryl methyl sites for hydroxylation is 3. The molecule has 170 valence electrons. The Balaban J connectivity index is 1.46. The second-order valence-corrected chi connectivity index (χ2v) is 8.27. The van der Waals surface area contributed by atoms with Gasteiger partial charge in [0.15, 0.2) is 0 Å². The summed E-state index contributed by atoms with van der Waals surface area (Å²) >= 11 is 0. The van der Waals surface area contributed by atoms with Crippen LogP contribution in [0.25, 0.3) is 17.1 Å². The number of nitrogens with zero attached hydrogens (tertiary/aromatic N) is 4. The van der Waals surface area contributed by atoms with Gasteiger partial charge in [-0.2, -0.15) is 5.10 Å². The minimum absolute atomic E-state index is 0.366. The van der Waals surface area contributed by atoms with Crippen molar-refractivity contribution in [2.24, 2.45) is 0 Å². The predicted octanol–water partition coefficient (Wildman–Crippen LogP) is 4.87. The van der Waals surface area contributed by atoms with E-state index in [0.717, 1.165) is 40.6 Å². The largest absolute Gasteiger partial charge is 0.465 e. The number of benzene rings is 2. The van der Waals surface area contributed by atoms with Crippen LogP contribution >= 0.6 is 0 Å². The fourth-order valence-corrected chi connectivity index (χ4v) is 3.87. The third kappa shape index (κ3) is 5.04. The fraction of sp³-hybridized carbons (Fsp3) is 0.269. The van der Waals surface area contributed by atoms with Crippen molar-refractivity contribution in [3.05, 3.63) is 88.6 Å². The quantitative estimate of drug-likeness (QED) is 0.379. The summed E-state index contributed by atoms with van der Waals surface area (Å²) in [5.41, 5.74) is 6.57. The van der Waals surface area contributed by atoms with Crippen LogP contribution < -0.4 is 0 Å². The summed E-state index contributed by atoms with van der Waals surface area (Å²) in [5, 5.41) is 4.59. The first-order valence-electron chi connectivity index (χ1n) is 10.8. The zero-order valence-corrected chi connectivity index (χ0v) is 19.6. The van der Waals surface area contributed by atoms with Crippen molar-refractivity contribution >= 4 is 5.97 Å². The minimum atomic E-state index is -0.366. The monoisotopic (exact) mass is 444 g/mol. The van der Waals surface area contributed by atoms with Crippen LogP contribution in [0.3, 0.4) is 0 Å². The number of methoxy groups -OCH3 is 1. The van der Waals surface area contributed by atoms with Gasteiger partial charge in [0, 0.05) is 24.3 Å². The van der Waals surface area contributed by atoms with Crippen molar-refractivity contribution in [1.29, 1.82) is 0 Å². The number of esters is 1. The van der Waals surface area contributed by atoms with Crippen molar-refractivity contribution in [2.45, 2.75) is 33.9 Å². The highest BCUT2D eigenvalue weighted by Gasteiger charge is 2.15. The van der Waals surface area contributed by atoms with E-state index in [1.54, 1.807) is 12.1 Å². The predicted molar refractivity (Wildman–Crippen MR) is 126 cm³/mol. The Morgan fingerprint density at radius 2 is 1.82 bits per heavy atom. The minimum Gasteiger partial charge on any atom is -0.465 e. The lowest BCUT2D eigenvalue weighted by atomic mass is 10.1. The van der Waals surface area contributed by atoms with Crippen LogP contribution in [-0.2, 0) is 17.8 Å². The van der Waals surface area contributed by atoms with E-state index in [1.165, 1.54) is 12.7 Å². The number of carbonyl (C=O) groups excluding carboxylic acids is 1. The summed E-state index contributed by atoms with van der Waals surface area (Å²) in [5.74, 6) is 0.957. The van der Waals surface area contributed by atoms with Crippen molar-refractivity contribution in [1.82, 2.24) is 19.7 Å². The number of rotatable bonds is 7. The van der Waals surface area contributed by atoms with E-state index in [0.29, 0.717) is 18.0 Å². The molecule has 7 nitrogen and oxygen atoms in total. The molecule has 0 unspecified atom stereocenters. The second-order valence-electron chi connectivity index (χ2n) is 8.27. The molecular weight excluding hydrogens is 416 g/mol. The Kier molecular flexibility index (Phi) is 6.42. The second kappa shape index (κ2) is 9.42. The molecule has 0 radical (unpaired) electrons. The van der Waals surface area contributed by atoms with Gasteiger partial charge < -0.3 is 9.15 Å². The Hall–Kier alpha value is -3.71. The number of carbonyl (C=O) groups is 1. The number of oxazole rings is 1. The lowest BCUT2D eigenvalue weighted by Gasteiger charge is -2.16. The smallest absolute Gasteiger partial charge is 0.337 e. The molecule has 0 fully saturated rings. The molecule has 2 aromatic heterocycles. The highest BCUT2D eigenvalue weighted by molar-refractivity contribution is 5.89. The van der Waals surface area contributed by atoms with Crippen LogP contribution in [0, 0.1) is 20.8 Å². The topological polar surface area (TPSA) is 73.4 Å². The summed E-state index contributed by atoms with van der Waals surface area (Å²) in [6.45, 7) is 7.41. The molecule has 0 aliphatic rings. The Morgan fingerprint density at radius 3 is 2.48 bits per heavy atom. The molecule has 0 bridgehead atoms. The zero-order chi connectivity index (χ0) is 23.5. The summed E-state index contributed by atoms with van der Waals surface area (Å²) in [6, 6.07) is 17.5. The first kappa shape index (κ1) is 22.5. The van der Waals surface area contributed by atoms with E-state index >= 15 is 0 Å². The number of aromatic nitrogens is 3. The Morgan fingerprint density at radius 1 is 1.06 bits per heavy atom. The maximum absolute atomic E-state index is 11.6. The van der Waals surface area contributed by atoms with Gasteiger partial charge in [-0.3, -0.25) is 4.90 Å². The van der Waals surface area contributed by atoms with Crippen LogP contribution in [0.1, 0.15) is 38.8 Å². The van der Waals surface area contributed by atoms with E-state index in [2.05, 4.69) is 54.3 Å². The molecule has 0 saturated carbocycles. The molecule has 33 heavy (non-hydrogen) atoms. The van der Waals surface area contributed by atoms with Crippen molar-refractivity contribution in [3.8, 4) is 17.1 Å². The van der Waals surface area contributed by atoms with Crippen LogP contribution in [0.4, 0.5) is 0 Å². The number of hydrogen-bond acceptors (Lipinski definition) is 6. The van der Waals surface area contributed by atoms with E-state index < -0.39 is 0 Å². The SMILES string of the molecule is COC(=O)c1ccc(-c2nc(CN(C)Cc3cccc(-n4nc(C)cc4C)c3)c(C)o2)cc1. The van der Waals surface area contributed by atoms with E-state index in [1.807, 2.05) is 30.7 Å². The molecule has 2 aromatic carbocycles. The van der Waals surface area contributed by atoms with Gasteiger partial charge >= 0.3 is 5.97 Å². The van der Waals surface area contributed by atoms with Crippen molar-refractivity contribution in [3.63, 3.8) is 0 Å². The molecule has 0 saturated heterocycles. The van der Waals surface area contributed by atoms with Gasteiger partial charge in [0.25, 0.3) is 0 Å². The fourth-order valence-electron chi connectivity index (χ4n) is 3.87. The zero-order valence-electron chi connectivity index (χ0n) is 19.6. The van der Waals surface area contributed by atoms with Crippen LogP contribution in [0.2, 0.25) is 0 Å². The molecule has 7 heteroatoms. The third-order valence-electron chi connectivity index (χ3n) is 5.48. The maximum atomic E-state index is 11.6. The number of hydrogen-bond donors (Lipinski definition) is 0. The van der Waals surface area contributed by atoms with Gasteiger partial charge in [-0.25, -0.2) is 14.5 Å². The highest BCUT2D eigenvalue weighted by atomic mass is 16.5. The summed E-state index contributed by atoms with van der Waals surface area (Å²) in [6.07, 6.45) is 0. The van der Waals surface area contributed by atoms with Gasteiger partial charge in [-0.15, -0.1) is 0 Å². The molecule has 0 N–H and O–H groups in total. The number of ether oxygens (including phenoxy) is 1. The molecule has 0 atom stereocenters. The summed E-state index contributed by atoms with van der Waals surface area (Å²) in [4.78, 5) is 18.5. The van der Waals surface area contributed by atoms with Crippen LogP contribution in [0.5, 0.6) is 0 Å².